The first-order valence-corrected chi connectivity index (χ1v) is 13.9. The molecule has 0 saturated carbocycles. The maximum absolute atomic E-state index is 4.88. The first-order valence-electron chi connectivity index (χ1n) is 12.6. The molecule has 3 rings (SSSR count). The zero-order valence-electron chi connectivity index (χ0n) is 21.8. The van der Waals surface area contributed by atoms with Gasteiger partial charge in [0, 0.05) is 20.5 Å². The van der Waals surface area contributed by atoms with Crippen LogP contribution in [0.4, 0.5) is 0 Å². The third kappa shape index (κ3) is 5.69. The van der Waals surface area contributed by atoms with E-state index < -0.39 is 0 Å². The molecule has 1 aliphatic rings. The Labute approximate surface area is 202 Å². The Morgan fingerprint density at radius 2 is 1.65 bits per heavy atom. The zero-order chi connectivity index (χ0) is 23.7. The molecule has 0 nitrogen and oxygen atoms in total. The van der Waals surface area contributed by atoms with Gasteiger partial charge in [0.05, 0.1) is 0 Å². The summed E-state index contributed by atoms with van der Waals surface area (Å²) in [5, 5.41) is 3.05. The third-order valence-electron chi connectivity index (χ3n) is 5.95. The van der Waals surface area contributed by atoms with Crippen molar-refractivity contribution in [2.75, 3.05) is 0 Å². The Morgan fingerprint density at radius 1 is 1.03 bits per heavy atom. The minimum absolute atomic E-state index is 0.443. The smallest absolute Gasteiger partial charge is 0.0393 e. The highest BCUT2D eigenvalue weighted by molar-refractivity contribution is 7.84. The molecule has 31 heavy (non-hydrogen) atoms. The maximum Gasteiger partial charge on any atom is 0.0393 e. The first-order chi connectivity index (χ1) is 15.0. The lowest BCUT2D eigenvalue weighted by molar-refractivity contribution is 0.770. The lowest BCUT2D eigenvalue weighted by Crippen LogP contribution is -2.20. The first kappa shape index (κ1) is 28.0. The van der Waals surface area contributed by atoms with Crippen molar-refractivity contribution in [3.8, 4) is 0 Å². The monoisotopic (exact) mass is 458 g/mol. The minimum Gasteiger partial charge on any atom is -0.148 e. The van der Waals surface area contributed by atoms with Crippen molar-refractivity contribution in [2.24, 2.45) is 5.92 Å². The van der Waals surface area contributed by atoms with Gasteiger partial charge in [0.25, 0.3) is 0 Å². The molecule has 1 atom stereocenters. The van der Waals surface area contributed by atoms with Gasteiger partial charge in [0.2, 0.25) is 0 Å². The minimum atomic E-state index is 0.443. The summed E-state index contributed by atoms with van der Waals surface area (Å²) >= 11 is 6.90. The van der Waals surface area contributed by atoms with Crippen LogP contribution in [-0.4, -0.2) is 0 Å². The molecule has 1 heterocycles. The Kier molecular flexibility index (Phi) is 12.2. The molecule has 1 aromatic carbocycles. The van der Waals surface area contributed by atoms with Gasteiger partial charge in [-0.15, -0.1) is 24.0 Å². The van der Waals surface area contributed by atoms with E-state index in [1.54, 1.807) is 32.3 Å². The lowest BCUT2D eigenvalue weighted by Gasteiger charge is -2.24. The molecule has 0 radical (unpaired) electrons. The molecular formula is C29H46S2. The molecule has 0 saturated heterocycles. The van der Waals surface area contributed by atoms with E-state index in [1.165, 1.54) is 33.9 Å². The summed E-state index contributed by atoms with van der Waals surface area (Å²) in [4.78, 5) is 1.23. The average Bonchev–Trinajstić information content (AvgIpc) is 3.40. The Bertz CT molecular complexity index is 986. The van der Waals surface area contributed by atoms with Gasteiger partial charge in [-0.3, -0.25) is 0 Å². The van der Waals surface area contributed by atoms with Crippen LogP contribution < -0.4 is 9.75 Å². The van der Waals surface area contributed by atoms with Crippen LogP contribution in [0.5, 0.6) is 0 Å². The number of fused-ring (bicyclic) bond motifs is 3. The van der Waals surface area contributed by atoms with E-state index in [0.29, 0.717) is 11.8 Å². The van der Waals surface area contributed by atoms with Crippen molar-refractivity contribution in [1.29, 1.82) is 0 Å². The van der Waals surface area contributed by atoms with E-state index >= 15 is 0 Å². The summed E-state index contributed by atoms with van der Waals surface area (Å²) in [5.41, 5.74) is 6.49. The summed E-state index contributed by atoms with van der Waals surface area (Å²) in [7, 11) is 0. The summed E-state index contributed by atoms with van der Waals surface area (Å²) in [6.07, 6.45) is 13.0. The normalized spacial score (nSPS) is 15.5. The molecule has 0 aliphatic heterocycles. The topological polar surface area (TPSA) is 0 Å². The van der Waals surface area contributed by atoms with Crippen LogP contribution in [0.25, 0.3) is 22.2 Å². The van der Waals surface area contributed by atoms with Crippen molar-refractivity contribution in [3.05, 3.63) is 43.0 Å². The Morgan fingerprint density at radius 3 is 2.13 bits per heavy atom. The predicted molar refractivity (Wildman–Crippen MR) is 150 cm³/mol. The number of benzene rings is 1. The van der Waals surface area contributed by atoms with Gasteiger partial charge in [-0.2, -0.15) is 0 Å². The number of allylic oxidation sites excluding steroid dienone is 2. The molecule has 2 heteroatoms. The molecular weight excluding hydrogens is 412 g/mol. The van der Waals surface area contributed by atoms with Crippen molar-refractivity contribution < 1.29 is 0 Å². The molecule has 1 aliphatic carbocycles. The van der Waals surface area contributed by atoms with Crippen LogP contribution in [0.2, 0.25) is 0 Å². The van der Waals surface area contributed by atoms with E-state index in [9.17, 15) is 0 Å². The number of hydrogen-bond donors (Lipinski definition) is 1. The molecule has 1 aromatic heterocycles. The van der Waals surface area contributed by atoms with Gasteiger partial charge in [-0.1, -0.05) is 73.6 Å². The van der Waals surface area contributed by atoms with Gasteiger partial charge >= 0.3 is 0 Å². The quantitative estimate of drug-likeness (QED) is 0.426. The van der Waals surface area contributed by atoms with Crippen LogP contribution >= 0.6 is 24.0 Å². The van der Waals surface area contributed by atoms with Gasteiger partial charge < -0.3 is 0 Å². The largest absolute Gasteiger partial charge is 0.148 e. The summed E-state index contributed by atoms with van der Waals surface area (Å²) in [5.74, 6) is 1.02. The van der Waals surface area contributed by atoms with Gasteiger partial charge in [-0.05, 0) is 84.2 Å². The van der Waals surface area contributed by atoms with Gasteiger partial charge in [0.1, 0.15) is 0 Å². The number of thiophene rings is 1. The third-order valence-corrected chi connectivity index (χ3v) is 7.75. The highest BCUT2D eigenvalue weighted by atomic mass is 32.1. The van der Waals surface area contributed by atoms with Crippen molar-refractivity contribution in [3.63, 3.8) is 0 Å². The molecule has 0 amide bonds. The van der Waals surface area contributed by atoms with E-state index in [-0.39, 0.29) is 0 Å². The van der Waals surface area contributed by atoms with Crippen LogP contribution in [0.3, 0.4) is 0 Å². The number of thiol groups is 1. The molecule has 1 unspecified atom stereocenters. The standard InChI is InChI=1S/C25H34S2.2C2H6/c1-7-16(21(26)10-4)23-18(9-3)25-24(20-13-11-12-19(20)23)17(8-2)22(27-25)14-15(5)6;2*1-2/h8,10,14-16,26H,7,9,11-13H2,1-6H3;2*1-2H3/b17-8+,21-10+,22-14+;;. The van der Waals surface area contributed by atoms with Crippen molar-refractivity contribution in [1.82, 2.24) is 0 Å². The second-order valence-electron chi connectivity index (χ2n) is 8.01. The second-order valence-corrected chi connectivity index (χ2v) is 9.58. The van der Waals surface area contributed by atoms with Crippen molar-refractivity contribution in [2.45, 2.75) is 107 Å². The number of aryl methyl sites for hydroxylation is 2. The average molecular weight is 459 g/mol. The second kappa shape index (κ2) is 13.5. The van der Waals surface area contributed by atoms with Crippen LogP contribution in [0.1, 0.15) is 110 Å². The fourth-order valence-electron chi connectivity index (χ4n) is 4.84. The van der Waals surface area contributed by atoms with Crippen LogP contribution in [0.15, 0.2) is 11.0 Å². The highest BCUT2D eigenvalue weighted by Crippen LogP contribution is 2.43. The maximum atomic E-state index is 4.88. The predicted octanol–water partition coefficient (Wildman–Crippen LogP) is 8.57. The van der Waals surface area contributed by atoms with Crippen LogP contribution in [-0.2, 0) is 19.3 Å². The van der Waals surface area contributed by atoms with E-state index in [0.717, 1.165) is 12.8 Å². The molecule has 0 bridgehead atoms. The fraction of sp³-hybridized carbons (Fsp3) is 0.586. The summed E-state index contributed by atoms with van der Waals surface area (Å²) < 4.78 is 3.01. The fourth-order valence-corrected chi connectivity index (χ4v) is 6.76. The zero-order valence-corrected chi connectivity index (χ0v) is 23.5. The summed E-state index contributed by atoms with van der Waals surface area (Å²) in [6.45, 7) is 21.6. The molecule has 0 spiro atoms. The van der Waals surface area contributed by atoms with E-state index in [1.807, 2.05) is 39.0 Å². The molecule has 2 aromatic rings. The molecule has 0 N–H and O–H groups in total. The number of rotatable bonds is 5. The lowest BCUT2D eigenvalue weighted by atomic mass is 9.83. The SMILES string of the molecule is C/C=c1\c(=C/C(C)C)sc2c(CC)c(C(CC)/C(S)=C\C)c3c(c12)CCC3.CC.CC. The van der Waals surface area contributed by atoms with E-state index in [4.69, 9.17) is 12.6 Å². The van der Waals surface area contributed by atoms with Gasteiger partial charge in [-0.25, -0.2) is 0 Å². The Hall–Kier alpha value is -0.990. The van der Waals surface area contributed by atoms with Gasteiger partial charge in [0.15, 0.2) is 0 Å². The van der Waals surface area contributed by atoms with Crippen molar-refractivity contribution >= 4 is 46.2 Å². The molecule has 0 fully saturated rings. The summed E-state index contributed by atoms with van der Waals surface area (Å²) in [6, 6.07) is 0. The van der Waals surface area contributed by atoms with E-state index in [2.05, 4.69) is 59.8 Å². The Balaban J connectivity index is 0.00000113. The number of hydrogen-bond acceptors (Lipinski definition) is 2. The highest BCUT2D eigenvalue weighted by Gasteiger charge is 2.28. The molecule has 174 valence electrons. The van der Waals surface area contributed by atoms with Crippen LogP contribution in [0, 0.1) is 5.92 Å².